The minimum Gasteiger partial charge on any atom is -0.479 e. The van der Waals surface area contributed by atoms with Crippen LogP contribution in [-0.4, -0.2) is 47.2 Å². The number of aliphatic carboxylic acids is 1. The maximum atomic E-state index is 12.4. The lowest BCUT2D eigenvalue weighted by Gasteiger charge is -2.36. The highest BCUT2D eigenvalue weighted by Gasteiger charge is 2.34. The SMILES string of the molecule is C=CCC(CC=C)C(=O)N1CC(C(=O)O)O[C@H](C)C1. The molecule has 0 aliphatic carbocycles. The molecule has 1 saturated heterocycles. The molecular formula is C14H21NO4. The van der Waals surface area contributed by atoms with E-state index in [9.17, 15) is 9.59 Å². The molecule has 1 amide bonds. The van der Waals surface area contributed by atoms with Gasteiger partial charge in [-0.2, -0.15) is 0 Å². The lowest BCUT2D eigenvalue weighted by Crippen LogP contribution is -2.53. The highest BCUT2D eigenvalue weighted by molar-refractivity contribution is 5.81. The first kappa shape index (κ1) is 15.4. The molecule has 19 heavy (non-hydrogen) atoms. The summed E-state index contributed by atoms with van der Waals surface area (Å²) in [5, 5.41) is 9.01. The zero-order valence-corrected chi connectivity index (χ0v) is 11.2. The Morgan fingerprint density at radius 2 is 1.95 bits per heavy atom. The van der Waals surface area contributed by atoms with Crippen molar-refractivity contribution in [1.29, 1.82) is 0 Å². The van der Waals surface area contributed by atoms with Crippen molar-refractivity contribution >= 4 is 11.9 Å². The van der Waals surface area contributed by atoms with Gasteiger partial charge in [0.15, 0.2) is 6.10 Å². The van der Waals surface area contributed by atoms with Crippen molar-refractivity contribution < 1.29 is 19.4 Å². The van der Waals surface area contributed by atoms with E-state index in [1.54, 1.807) is 24.0 Å². The molecule has 0 radical (unpaired) electrons. The molecule has 1 unspecified atom stereocenters. The summed E-state index contributed by atoms with van der Waals surface area (Å²) in [5.74, 6) is -1.30. The van der Waals surface area contributed by atoms with Crippen molar-refractivity contribution in [1.82, 2.24) is 4.90 Å². The smallest absolute Gasteiger partial charge is 0.334 e. The number of carboxylic acid groups (broad SMARTS) is 1. The van der Waals surface area contributed by atoms with Crippen LogP contribution in [0.15, 0.2) is 25.3 Å². The van der Waals surface area contributed by atoms with Crippen LogP contribution in [0.2, 0.25) is 0 Å². The Bertz CT molecular complexity index is 356. The number of hydrogen-bond donors (Lipinski definition) is 1. The van der Waals surface area contributed by atoms with Gasteiger partial charge in [-0.25, -0.2) is 4.79 Å². The maximum absolute atomic E-state index is 12.4. The van der Waals surface area contributed by atoms with Gasteiger partial charge in [-0.1, -0.05) is 12.2 Å². The number of carbonyl (C=O) groups excluding carboxylic acids is 1. The number of carbonyl (C=O) groups is 2. The molecule has 5 nitrogen and oxygen atoms in total. The fraction of sp³-hybridized carbons (Fsp3) is 0.571. The van der Waals surface area contributed by atoms with Gasteiger partial charge in [-0.15, -0.1) is 13.2 Å². The Hall–Kier alpha value is -1.62. The van der Waals surface area contributed by atoms with Gasteiger partial charge < -0.3 is 14.7 Å². The molecule has 1 fully saturated rings. The first-order chi connectivity index (χ1) is 8.99. The molecule has 2 atom stereocenters. The van der Waals surface area contributed by atoms with Crippen molar-refractivity contribution in [3.05, 3.63) is 25.3 Å². The Labute approximate surface area is 113 Å². The molecule has 1 N–H and O–H groups in total. The van der Waals surface area contributed by atoms with Gasteiger partial charge in [0.25, 0.3) is 0 Å². The fourth-order valence-corrected chi connectivity index (χ4v) is 2.23. The van der Waals surface area contributed by atoms with E-state index in [0.29, 0.717) is 19.4 Å². The summed E-state index contributed by atoms with van der Waals surface area (Å²) < 4.78 is 5.29. The van der Waals surface area contributed by atoms with E-state index in [0.717, 1.165) is 0 Å². The minimum absolute atomic E-state index is 0.0544. The molecule has 1 aliphatic rings. The van der Waals surface area contributed by atoms with Crippen molar-refractivity contribution in [2.24, 2.45) is 5.92 Å². The Balaban J connectivity index is 2.75. The second kappa shape index (κ2) is 7.09. The first-order valence-corrected chi connectivity index (χ1v) is 6.38. The zero-order valence-electron chi connectivity index (χ0n) is 11.2. The van der Waals surface area contributed by atoms with Gasteiger partial charge in [-0.3, -0.25) is 4.79 Å². The topological polar surface area (TPSA) is 66.8 Å². The van der Waals surface area contributed by atoms with E-state index in [4.69, 9.17) is 9.84 Å². The Kier molecular flexibility index (Phi) is 5.76. The van der Waals surface area contributed by atoms with Crippen molar-refractivity contribution in [3.8, 4) is 0 Å². The first-order valence-electron chi connectivity index (χ1n) is 6.38. The number of hydrogen-bond acceptors (Lipinski definition) is 3. The largest absolute Gasteiger partial charge is 0.479 e. The molecule has 0 saturated carbocycles. The molecule has 0 spiro atoms. The molecule has 0 aromatic heterocycles. The lowest BCUT2D eigenvalue weighted by atomic mass is 9.99. The molecule has 1 heterocycles. The number of nitrogens with zero attached hydrogens (tertiary/aromatic N) is 1. The predicted molar refractivity (Wildman–Crippen MR) is 71.7 cm³/mol. The van der Waals surface area contributed by atoms with E-state index in [1.165, 1.54) is 0 Å². The molecule has 1 aliphatic heterocycles. The van der Waals surface area contributed by atoms with E-state index in [2.05, 4.69) is 13.2 Å². The Morgan fingerprint density at radius 3 is 2.42 bits per heavy atom. The van der Waals surface area contributed by atoms with Gasteiger partial charge in [0.2, 0.25) is 5.91 Å². The third-order valence-electron chi connectivity index (χ3n) is 3.10. The quantitative estimate of drug-likeness (QED) is 0.740. The molecule has 0 bridgehead atoms. The molecule has 0 aromatic rings. The van der Waals surface area contributed by atoms with E-state index in [1.807, 2.05) is 0 Å². The highest BCUT2D eigenvalue weighted by Crippen LogP contribution is 2.18. The minimum atomic E-state index is -1.03. The van der Waals surface area contributed by atoms with Crippen LogP contribution in [0.4, 0.5) is 0 Å². The van der Waals surface area contributed by atoms with Gasteiger partial charge >= 0.3 is 5.97 Å². The zero-order chi connectivity index (χ0) is 14.4. The van der Waals surface area contributed by atoms with Crippen molar-refractivity contribution in [3.63, 3.8) is 0 Å². The second-order valence-corrected chi connectivity index (χ2v) is 4.76. The summed E-state index contributed by atoms with van der Waals surface area (Å²) >= 11 is 0. The van der Waals surface area contributed by atoms with Gasteiger partial charge in [0.1, 0.15) is 0 Å². The van der Waals surface area contributed by atoms with Crippen LogP contribution in [0.3, 0.4) is 0 Å². The fourth-order valence-electron chi connectivity index (χ4n) is 2.23. The highest BCUT2D eigenvalue weighted by atomic mass is 16.5. The Morgan fingerprint density at radius 1 is 1.37 bits per heavy atom. The average Bonchev–Trinajstić information content (AvgIpc) is 2.37. The molecular weight excluding hydrogens is 246 g/mol. The van der Waals surface area contributed by atoms with Gasteiger partial charge in [0.05, 0.1) is 12.6 Å². The van der Waals surface area contributed by atoms with Crippen LogP contribution in [0.1, 0.15) is 19.8 Å². The molecule has 106 valence electrons. The van der Waals surface area contributed by atoms with E-state index < -0.39 is 12.1 Å². The lowest BCUT2D eigenvalue weighted by molar-refractivity contribution is -0.167. The van der Waals surface area contributed by atoms with Crippen LogP contribution >= 0.6 is 0 Å². The summed E-state index contributed by atoms with van der Waals surface area (Å²) in [6.07, 6.45) is 3.31. The third kappa shape index (κ3) is 4.21. The number of ether oxygens (including phenoxy) is 1. The summed E-state index contributed by atoms with van der Waals surface area (Å²) in [7, 11) is 0. The number of amides is 1. The number of morpholine rings is 1. The van der Waals surface area contributed by atoms with Crippen LogP contribution in [0.5, 0.6) is 0 Å². The van der Waals surface area contributed by atoms with Crippen molar-refractivity contribution in [2.45, 2.75) is 32.0 Å². The average molecular weight is 267 g/mol. The monoisotopic (exact) mass is 267 g/mol. The summed E-state index contributed by atoms with van der Waals surface area (Å²) in [6.45, 7) is 9.58. The standard InChI is InChI=1S/C14H21NO4/c1-4-6-11(7-5-2)13(16)15-8-10(3)19-12(9-15)14(17)18/h4-5,10-12H,1-2,6-9H2,3H3,(H,17,18)/t10-,12?/m1/s1. The number of rotatable bonds is 6. The van der Waals surface area contributed by atoms with Gasteiger partial charge in [-0.05, 0) is 19.8 Å². The molecule has 1 rings (SSSR count). The summed E-state index contributed by atoms with van der Waals surface area (Å²) in [5.41, 5.74) is 0. The predicted octanol–water partition coefficient (Wildman–Crippen LogP) is 1.46. The van der Waals surface area contributed by atoms with Gasteiger partial charge in [0, 0.05) is 12.5 Å². The second-order valence-electron chi connectivity index (χ2n) is 4.76. The maximum Gasteiger partial charge on any atom is 0.334 e. The number of allylic oxidation sites excluding steroid dienone is 2. The van der Waals surface area contributed by atoms with E-state index >= 15 is 0 Å². The van der Waals surface area contributed by atoms with Crippen LogP contribution in [-0.2, 0) is 14.3 Å². The molecule has 0 aromatic carbocycles. The normalized spacial score (nSPS) is 23.2. The number of carboxylic acids is 1. The van der Waals surface area contributed by atoms with Crippen LogP contribution in [0.25, 0.3) is 0 Å². The molecule has 5 heteroatoms. The third-order valence-corrected chi connectivity index (χ3v) is 3.10. The van der Waals surface area contributed by atoms with E-state index in [-0.39, 0.29) is 24.5 Å². The summed E-state index contributed by atoms with van der Waals surface area (Å²) in [6, 6.07) is 0. The van der Waals surface area contributed by atoms with Crippen molar-refractivity contribution in [2.75, 3.05) is 13.1 Å². The summed E-state index contributed by atoms with van der Waals surface area (Å²) in [4.78, 5) is 24.9. The van der Waals surface area contributed by atoms with Crippen LogP contribution in [0, 0.1) is 5.92 Å². The van der Waals surface area contributed by atoms with Crippen LogP contribution < -0.4 is 0 Å².